The maximum absolute atomic E-state index is 10.7. The molecule has 0 saturated carbocycles. The molecular weight excluding hydrogens is 312 g/mol. The number of carboxylic acids is 1. The summed E-state index contributed by atoms with van der Waals surface area (Å²) in [5.41, 5.74) is 1.56. The number of imidazole rings is 1. The van der Waals surface area contributed by atoms with Crippen LogP contribution in [0.15, 0.2) is 30.6 Å². The minimum Gasteiger partial charge on any atom is -0.497 e. The van der Waals surface area contributed by atoms with Gasteiger partial charge in [0, 0.05) is 22.8 Å². The lowest BCUT2D eigenvalue weighted by Gasteiger charge is -2.03. The third kappa shape index (κ3) is 2.72. The first-order valence-corrected chi connectivity index (χ1v) is 7.29. The van der Waals surface area contributed by atoms with Gasteiger partial charge in [-0.3, -0.25) is 9.20 Å². The van der Waals surface area contributed by atoms with Gasteiger partial charge in [-0.15, -0.1) is 11.3 Å². The van der Waals surface area contributed by atoms with E-state index in [0.29, 0.717) is 10.8 Å². The minimum absolute atomic E-state index is 0.00660. The second-order valence-corrected chi connectivity index (χ2v) is 5.93. The van der Waals surface area contributed by atoms with Gasteiger partial charge in [0.2, 0.25) is 0 Å². The molecule has 21 heavy (non-hydrogen) atoms. The first kappa shape index (κ1) is 13.9. The molecule has 0 aliphatic heterocycles. The van der Waals surface area contributed by atoms with E-state index in [9.17, 15) is 4.79 Å². The van der Waals surface area contributed by atoms with Crippen molar-refractivity contribution in [3.63, 3.8) is 0 Å². The summed E-state index contributed by atoms with van der Waals surface area (Å²) >= 11 is 7.59. The number of ether oxygens (including phenoxy) is 1. The smallest absolute Gasteiger partial charge is 0.308 e. The van der Waals surface area contributed by atoms with Crippen molar-refractivity contribution in [2.45, 2.75) is 6.42 Å². The zero-order chi connectivity index (χ0) is 15.0. The normalized spacial score (nSPS) is 11.0. The number of hydrogen-bond donors (Lipinski definition) is 1. The Morgan fingerprint density at radius 1 is 1.48 bits per heavy atom. The van der Waals surface area contributed by atoms with Gasteiger partial charge in [-0.25, -0.2) is 4.98 Å². The third-order valence-corrected chi connectivity index (χ3v) is 4.29. The van der Waals surface area contributed by atoms with Crippen LogP contribution in [-0.2, 0) is 11.2 Å². The molecular formula is C14H11ClN2O3S. The molecule has 2 aromatic heterocycles. The van der Waals surface area contributed by atoms with E-state index in [4.69, 9.17) is 21.4 Å². The number of benzene rings is 1. The van der Waals surface area contributed by atoms with Crippen LogP contribution in [0.4, 0.5) is 0 Å². The van der Waals surface area contributed by atoms with Gasteiger partial charge in [0.1, 0.15) is 5.75 Å². The van der Waals surface area contributed by atoms with E-state index in [1.54, 1.807) is 19.4 Å². The van der Waals surface area contributed by atoms with Crippen LogP contribution in [0, 0.1) is 0 Å². The molecule has 7 heteroatoms. The van der Waals surface area contributed by atoms with Crippen LogP contribution in [0.2, 0.25) is 5.02 Å². The Bertz CT molecular complexity index is 793. The number of carboxylic acid groups (broad SMARTS) is 1. The fraction of sp³-hybridized carbons (Fsp3) is 0.143. The number of halogens is 1. The summed E-state index contributed by atoms with van der Waals surface area (Å²) in [6.45, 7) is 0. The van der Waals surface area contributed by atoms with Gasteiger partial charge in [0.15, 0.2) is 4.96 Å². The zero-order valence-corrected chi connectivity index (χ0v) is 12.6. The Balaban J connectivity index is 1.98. The maximum atomic E-state index is 10.7. The van der Waals surface area contributed by atoms with Gasteiger partial charge >= 0.3 is 5.97 Å². The van der Waals surface area contributed by atoms with E-state index in [1.165, 1.54) is 11.3 Å². The zero-order valence-electron chi connectivity index (χ0n) is 11.0. The number of aliphatic carboxylic acids is 1. The van der Waals surface area contributed by atoms with E-state index in [1.807, 2.05) is 22.7 Å². The fourth-order valence-corrected chi connectivity index (χ4v) is 3.25. The molecule has 1 N–H and O–H groups in total. The molecule has 0 radical (unpaired) electrons. The lowest BCUT2D eigenvalue weighted by atomic mass is 10.1. The van der Waals surface area contributed by atoms with E-state index >= 15 is 0 Å². The van der Waals surface area contributed by atoms with Crippen LogP contribution in [0.25, 0.3) is 16.2 Å². The van der Waals surface area contributed by atoms with E-state index in [2.05, 4.69) is 4.98 Å². The topological polar surface area (TPSA) is 63.8 Å². The largest absolute Gasteiger partial charge is 0.497 e. The van der Waals surface area contributed by atoms with Gasteiger partial charge in [-0.1, -0.05) is 11.6 Å². The molecule has 5 nitrogen and oxygen atoms in total. The molecule has 1 aromatic carbocycles. The SMILES string of the molecule is COc1ccc(-c2cn3cc(CC(=O)O)sc3n2)c(Cl)c1. The van der Waals surface area contributed by atoms with Crippen molar-refractivity contribution in [3.8, 4) is 17.0 Å². The first-order chi connectivity index (χ1) is 10.1. The van der Waals surface area contributed by atoms with Crippen molar-refractivity contribution < 1.29 is 14.6 Å². The van der Waals surface area contributed by atoms with Gasteiger partial charge < -0.3 is 9.84 Å². The third-order valence-electron chi connectivity index (χ3n) is 2.98. The van der Waals surface area contributed by atoms with Gasteiger partial charge in [-0.2, -0.15) is 0 Å². The quantitative estimate of drug-likeness (QED) is 0.800. The number of thiazole rings is 1. The summed E-state index contributed by atoms with van der Waals surface area (Å²) in [6.07, 6.45) is 3.62. The maximum Gasteiger partial charge on any atom is 0.308 e. The van der Waals surface area contributed by atoms with Gasteiger partial charge in [0.25, 0.3) is 0 Å². The summed E-state index contributed by atoms with van der Waals surface area (Å²) in [4.78, 5) is 16.7. The van der Waals surface area contributed by atoms with Crippen molar-refractivity contribution in [2.24, 2.45) is 0 Å². The van der Waals surface area contributed by atoms with Gasteiger partial charge in [-0.05, 0) is 18.2 Å². The predicted molar refractivity (Wildman–Crippen MR) is 81.4 cm³/mol. The average Bonchev–Trinajstić information content (AvgIpc) is 2.95. The lowest BCUT2D eigenvalue weighted by Crippen LogP contribution is -1.97. The van der Waals surface area contributed by atoms with Crippen molar-refractivity contribution in [1.82, 2.24) is 9.38 Å². The molecule has 0 bridgehead atoms. The van der Waals surface area contributed by atoms with Crippen LogP contribution < -0.4 is 4.74 Å². The van der Waals surface area contributed by atoms with Crippen LogP contribution in [0.1, 0.15) is 4.88 Å². The Labute approximate surface area is 129 Å². The second kappa shape index (κ2) is 5.38. The molecule has 3 rings (SSSR count). The molecule has 2 heterocycles. The molecule has 0 atom stereocenters. The Hall–Kier alpha value is -2.05. The Morgan fingerprint density at radius 3 is 2.90 bits per heavy atom. The highest BCUT2D eigenvalue weighted by Crippen LogP contribution is 2.32. The lowest BCUT2D eigenvalue weighted by molar-refractivity contribution is -0.136. The molecule has 0 fully saturated rings. The van der Waals surface area contributed by atoms with E-state index in [-0.39, 0.29) is 6.42 Å². The highest BCUT2D eigenvalue weighted by molar-refractivity contribution is 7.17. The Morgan fingerprint density at radius 2 is 2.29 bits per heavy atom. The summed E-state index contributed by atoms with van der Waals surface area (Å²) in [6, 6.07) is 5.41. The standard InChI is InChI=1S/C14H11ClN2O3S/c1-20-8-2-3-10(11(15)4-8)12-7-17-6-9(5-13(18)19)21-14(17)16-12/h2-4,6-7H,5H2,1H3,(H,18,19). The molecule has 3 aromatic rings. The summed E-state index contributed by atoms with van der Waals surface area (Å²) in [5.74, 6) is -0.161. The second-order valence-electron chi connectivity index (χ2n) is 4.43. The van der Waals surface area contributed by atoms with Crippen molar-refractivity contribution in [1.29, 1.82) is 0 Å². The number of methoxy groups -OCH3 is 1. The molecule has 0 amide bonds. The van der Waals surface area contributed by atoms with Crippen molar-refractivity contribution in [3.05, 3.63) is 40.5 Å². The van der Waals surface area contributed by atoms with Crippen LogP contribution >= 0.6 is 22.9 Å². The average molecular weight is 323 g/mol. The van der Waals surface area contributed by atoms with Crippen molar-refractivity contribution in [2.75, 3.05) is 7.11 Å². The van der Waals surface area contributed by atoms with Gasteiger partial charge in [0.05, 0.1) is 24.2 Å². The summed E-state index contributed by atoms with van der Waals surface area (Å²) in [7, 11) is 1.59. The van der Waals surface area contributed by atoms with E-state index in [0.717, 1.165) is 21.1 Å². The number of hydrogen-bond acceptors (Lipinski definition) is 4. The number of nitrogens with zero attached hydrogens (tertiary/aromatic N) is 2. The molecule has 0 aliphatic rings. The highest BCUT2D eigenvalue weighted by atomic mass is 35.5. The monoisotopic (exact) mass is 322 g/mol. The van der Waals surface area contributed by atoms with Crippen LogP contribution in [0.3, 0.4) is 0 Å². The number of fused-ring (bicyclic) bond motifs is 1. The van der Waals surface area contributed by atoms with E-state index < -0.39 is 5.97 Å². The summed E-state index contributed by atoms with van der Waals surface area (Å²) < 4.78 is 6.94. The number of carbonyl (C=O) groups is 1. The molecule has 0 spiro atoms. The molecule has 0 aliphatic carbocycles. The number of aromatic nitrogens is 2. The Kier molecular flexibility index (Phi) is 3.57. The minimum atomic E-state index is -0.849. The molecule has 0 saturated heterocycles. The first-order valence-electron chi connectivity index (χ1n) is 6.10. The van der Waals surface area contributed by atoms with Crippen LogP contribution in [0.5, 0.6) is 5.75 Å². The van der Waals surface area contributed by atoms with Crippen LogP contribution in [-0.4, -0.2) is 27.6 Å². The molecule has 108 valence electrons. The fourth-order valence-electron chi connectivity index (χ4n) is 2.03. The summed E-state index contributed by atoms with van der Waals surface area (Å²) in [5, 5.41) is 9.36. The van der Waals surface area contributed by atoms with Crippen molar-refractivity contribution >= 4 is 33.9 Å². The predicted octanol–water partition coefficient (Wildman–Crippen LogP) is 3.35. The number of rotatable bonds is 4. The highest BCUT2D eigenvalue weighted by Gasteiger charge is 2.12. The molecule has 0 unspecified atom stereocenters.